The van der Waals surface area contributed by atoms with Gasteiger partial charge in [0.1, 0.15) is 18.0 Å². The molecular weight excluding hydrogens is 362 g/mol. The average molecular weight is 390 g/mol. The van der Waals surface area contributed by atoms with Crippen molar-refractivity contribution in [2.75, 3.05) is 37.4 Å². The average Bonchev–Trinajstić information content (AvgIpc) is 2.64. The van der Waals surface area contributed by atoms with Gasteiger partial charge in [-0.2, -0.15) is 4.31 Å². The fraction of sp³-hybridized carbons (Fsp3) is 0.474. The Morgan fingerprint density at radius 2 is 1.78 bits per heavy atom. The van der Waals surface area contributed by atoms with Gasteiger partial charge in [-0.3, -0.25) is 0 Å². The van der Waals surface area contributed by atoms with Crippen molar-refractivity contribution in [2.24, 2.45) is 0 Å². The highest BCUT2D eigenvalue weighted by molar-refractivity contribution is 7.89. The maximum absolute atomic E-state index is 12.9. The first-order chi connectivity index (χ1) is 12.8. The van der Waals surface area contributed by atoms with Crippen LogP contribution in [0.2, 0.25) is 0 Å². The predicted octanol–water partition coefficient (Wildman–Crippen LogP) is 2.42. The fourth-order valence-electron chi connectivity index (χ4n) is 3.14. The molecule has 1 N–H and O–H groups in total. The van der Waals surface area contributed by atoms with Gasteiger partial charge in [0.05, 0.1) is 4.90 Å². The minimum atomic E-state index is -3.44. The number of aryl methyl sites for hydroxylation is 2. The maximum Gasteiger partial charge on any atom is 0.243 e. The minimum Gasteiger partial charge on any atom is -0.367 e. The number of sulfonamides is 1. The first kappa shape index (κ1) is 19.6. The van der Waals surface area contributed by atoms with Crippen LogP contribution in [-0.2, 0) is 10.0 Å². The summed E-state index contributed by atoms with van der Waals surface area (Å²) in [6, 6.07) is 7.43. The van der Waals surface area contributed by atoms with E-state index in [1.807, 2.05) is 45.0 Å². The molecule has 146 valence electrons. The third kappa shape index (κ3) is 4.39. The normalized spacial score (nSPS) is 16.3. The zero-order valence-corrected chi connectivity index (χ0v) is 17.1. The number of piperidine rings is 1. The van der Waals surface area contributed by atoms with Crippen molar-refractivity contribution >= 4 is 21.7 Å². The highest BCUT2D eigenvalue weighted by Gasteiger charge is 2.29. The van der Waals surface area contributed by atoms with E-state index in [1.54, 1.807) is 16.4 Å². The monoisotopic (exact) mass is 389 g/mol. The molecule has 27 heavy (non-hydrogen) atoms. The zero-order chi connectivity index (χ0) is 19.6. The summed E-state index contributed by atoms with van der Waals surface area (Å²) in [5, 5.41) is 3.41. The molecule has 1 fully saturated rings. The van der Waals surface area contributed by atoms with Crippen LogP contribution in [-0.4, -0.2) is 55.9 Å². The van der Waals surface area contributed by atoms with E-state index in [9.17, 15) is 8.42 Å². The van der Waals surface area contributed by atoms with Crippen LogP contribution in [0.15, 0.2) is 35.5 Å². The highest BCUT2D eigenvalue weighted by atomic mass is 32.2. The van der Waals surface area contributed by atoms with Gasteiger partial charge in [0.15, 0.2) is 0 Å². The third-order valence-electron chi connectivity index (χ3n) is 5.03. The Labute approximate surface area is 161 Å². The van der Waals surface area contributed by atoms with Gasteiger partial charge in [-0.1, -0.05) is 6.07 Å². The summed E-state index contributed by atoms with van der Waals surface area (Å²) in [6.07, 6.45) is 3.02. The number of rotatable bonds is 5. The molecule has 0 aliphatic carbocycles. The Morgan fingerprint density at radius 1 is 1.07 bits per heavy atom. The van der Waals surface area contributed by atoms with Crippen molar-refractivity contribution in [1.82, 2.24) is 14.3 Å². The van der Waals surface area contributed by atoms with Crippen LogP contribution < -0.4 is 10.2 Å². The van der Waals surface area contributed by atoms with E-state index in [0.29, 0.717) is 18.0 Å². The molecule has 1 saturated heterocycles. The molecule has 0 atom stereocenters. The van der Waals surface area contributed by atoms with Gasteiger partial charge in [-0.05, 0) is 49.9 Å². The second-order valence-electron chi connectivity index (χ2n) is 7.22. The number of nitrogens with one attached hydrogen (secondary N) is 1. The van der Waals surface area contributed by atoms with Gasteiger partial charge < -0.3 is 10.2 Å². The van der Waals surface area contributed by atoms with Crippen LogP contribution >= 0.6 is 0 Å². The molecule has 7 nitrogen and oxygen atoms in total. The quantitative estimate of drug-likeness (QED) is 0.846. The highest BCUT2D eigenvalue weighted by Crippen LogP contribution is 2.24. The molecule has 1 aromatic carbocycles. The Hall–Kier alpha value is -2.19. The Bertz CT molecular complexity index is 906. The van der Waals surface area contributed by atoms with Crippen molar-refractivity contribution in [3.8, 4) is 0 Å². The van der Waals surface area contributed by atoms with Crippen molar-refractivity contribution in [2.45, 2.75) is 37.6 Å². The first-order valence-corrected chi connectivity index (χ1v) is 10.5. The lowest BCUT2D eigenvalue weighted by molar-refractivity contribution is 0.329. The minimum absolute atomic E-state index is 0.195. The number of benzene rings is 1. The van der Waals surface area contributed by atoms with Gasteiger partial charge in [0.25, 0.3) is 0 Å². The van der Waals surface area contributed by atoms with Gasteiger partial charge in [-0.25, -0.2) is 18.4 Å². The molecule has 1 aliphatic rings. The van der Waals surface area contributed by atoms with Crippen LogP contribution in [0, 0.1) is 13.8 Å². The van der Waals surface area contributed by atoms with Crippen LogP contribution in [0.5, 0.6) is 0 Å². The topological polar surface area (TPSA) is 78.4 Å². The Morgan fingerprint density at radius 3 is 2.41 bits per heavy atom. The van der Waals surface area contributed by atoms with Gasteiger partial charge >= 0.3 is 0 Å². The summed E-state index contributed by atoms with van der Waals surface area (Å²) in [5.74, 6) is 1.60. The van der Waals surface area contributed by atoms with Crippen LogP contribution in [0.1, 0.15) is 24.0 Å². The van der Waals surface area contributed by atoms with Crippen molar-refractivity contribution in [1.29, 1.82) is 0 Å². The fourth-order valence-corrected chi connectivity index (χ4v) is 4.70. The molecule has 0 radical (unpaired) electrons. The molecule has 0 bridgehead atoms. The lowest BCUT2D eigenvalue weighted by atomic mass is 10.1. The first-order valence-electron chi connectivity index (χ1n) is 9.10. The van der Waals surface area contributed by atoms with Crippen LogP contribution in [0.4, 0.5) is 11.6 Å². The number of nitrogens with zero attached hydrogens (tertiary/aromatic N) is 4. The molecule has 2 heterocycles. The van der Waals surface area contributed by atoms with E-state index >= 15 is 0 Å². The summed E-state index contributed by atoms with van der Waals surface area (Å²) < 4.78 is 27.4. The van der Waals surface area contributed by atoms with Gasteiger partial charge in [-0.15, -0.1) is 0 Å². The summed E-state index contributed by atoms with van der Waals surface area (Å²) in [5.41, 5.74) is 2.09. The van der Waals surface area contributed by atoms with Crippen LogP contribution in [0.25, 0.3) is 0 Å². The summed E-state index contributed by atoms with van der Waals surface area (Å²) >= 11 is 0. The molecular formula is C19H27N5O2S. The molecule has 3 rings (SSSR count). The largest absolute Gasteiger partial charge is 0.367 e. The zero-order valence-electron chi connectivity index (χ0n) is 16.3. The maximum atomic E-state index is 12.9. The predicted molar refractivity (Wildman–Crippen MR) is 108 cm³/mol. The molecule has 2 aromatic rings. The van der Waals surface area contributed by atoms with Crippen molar-refractivity contribution < 1.29 is 8.42 Å². The van der Waals surface area contributed by atoms with E-state index < -0.39 is 10.0 Å². The second-order valence-corrected chi connectivity index (χ2v) is 9.16. The second kappa shape index (κ2) is 7.82. The van der Waals surface area contributed by atoms with Gasteiger partial charge in [0.2, 0.25) is 10.0 Å². The lowest BCUT2D eigenvalue weighted by Crippen LogP contribution is -2.42. The van der Waals surface area contributed by atoms with Crippen molar-refractivity contribution in [3.63, 3.8) is 0 Å². The Balaban J connectivity index is 1.64. The molecule has 1 aliphatic heterocycles. The summed E-state index contributed by atoms with van der Waals surface area (Å²) in [7, 11) is 0.423. The van der Waals surface area contributed by atoms with E-state index in [2.05, 4.69) is 15.3 Å². The van der Waals surface area contributed by atoms with Crippen LogP contribution in [0.3, 0.4) is 0 Å². The SMILES string of the molecule is Cc1ccc(S(=O)(=O)N2CCC(Nc3cc(N(C)C)ncn3)CC2)cc1C. The van der Waals surface area contributed by atoms with Crippen molar-refractivity contribution in [3.05, 3.63) is 41.7 Å². The van der Waals surface area contributed by atoms with E-state index in [0.717, 1.165) is 35.6 Å². The Kier molecular flexibility index (Phi) is 5.67. The van der Waals surface area contributed by atoms with Gasteiger partial charge in [0, 0.05) is 39.3 Å². The number of aromatic nitrogens is 2. The lowest BCUT2D eigenvalue weighted by Gasteiger charge is -2.32. The smallest absolute Gasteiger partial charge is 0.243 e. The van der Waals surface area contributed by atoms with E-state index in [4.69, 9.17) is 0 Å². The number of hydrogen-bond acceptors (Lipinski definition) is 6. The molecule has 0 unspecified atom stereocenters. The molecule has 0 amide bonds. The third-order valence-corrected chi connectivity index (χ3v) is 6.93. The van der Waals surface area contributed by atoms with E-state index in [1.165, 1.54) is 6.33 Å². The van der Waals surface area contributed by atoms with E-state index in [-0.39, 0.29) is 6.04 Å². The molecule has 0 saturated carbocycles. The molecule has 1 aromatic heterocycles. The number of anilines is 2. The summed E-state index contributed by atoms with van der Waals surface area (Å²) in [4.78, 5) is 10.8. The standard InChI is InChI=1S/C19H27N5O2S/c1-14-5-6-17(11-15(14)2)27(25,26)24-9-7-16(8-10-24)22-18-12-19(23(3)4)21-13-20-18/h5-6,11-13,16H,7-10H2,1-4H3,(H,20,21,22). The number of hydrogen-bond donors (Lipinski definition) is 1. The molecule has 0 spiro atoms. The molecule has 8 heteroatoms. The summed E-state index contributed by atoms with van der Waals surface area (Å²) in [6.45, 7) is 4.92.